The summed E-state index contributed by atoms with van der Waals surface area (Å²) in [5.74, 6) is 0.437. The molecule has 0 aromatic heterocycles. The van der Waals surface area contributed by atoms with Gasteiger partial charge >= 0.3 is 0 Å². The Labute approximate surface area is 197 Å². The first kappa shape index (κ1) is 21.3. The maximum absolute atomic E-state index is 13.0. The second-order valence-corrected chi connectivity index (χ2v) is 9.32. The van der Waals surface area contributed by atoms with Crippen molar-refractivity contribution in [3.8, 4) is 0 Å². The first-order valence-electron chi connectivity index (χ1n) is 10.9. The summed E-state index contributed by atoms with van der Waals surface area (Å²) in [5.41, 5.74) is 5.66. The summed E-state index contributed by atoms with van der Waals surface area (Å²) in [7, 11) is 0. The van der Waals surface area contributed by atoms with E-state index in [1.807, 2.05) is 83.8 Å². The van der Waals surface area contributed by atoms with Gasteiger partial charge < -0.3 is 5.32 Å². The lowest BCUT2D eigenvalue weighted by molar-refractivity contribution is -0.115. The second kappa shape index (κ2) is 8.75. The largest absolute Gasteiger partial charge is 0.322 e. The van der Waals surface area contributed by atoms with Crippen LogP contribution in [0.5, 0.6) is 0 Å². The quantitative estimate of drug-likeness (QED) is 0.385. The first-order chi connectivity index (χ1) is 16.0. The molecule has 5 rings (SSSR count). The molecule has 164 valence electrons. The zero-order valence-corrected chi connectivity index (χ0v) is 19.4. The fourth-order valence-electron chi connectivity index (χ4n) is 4.28. The monoisotopic (exact) mass is 452 g/mol. The molecular weight excluding hydrogens is 428 g/mol. The molecule has 0 spiro atoms. The topological polar surface area (TPSA) is 49.4 Å². The molecule has 4 aromatic carbocycles. The summed E-state index contributed by atoms with van der Waals surface area (Å²) in [6.07, 6.45) is 0. The van der Waals surface area contributed by atoms with Gasteiger partial charge in [-0.25, -0.2) is 0 Å². The van der Waals surface area contributed by atoms with E-state index in [4.69, 9.17) is 0 Å². The lowest BCUT2D eigenvalue weighted by atomic mass is 10.0. The highest BCUT2D eigenvalue weighted by Gasteiger charge is 2.34. The molecule has 1 heterocycles. The number of aryl methyl sites for hydroxylation is 1. The lowest BCUT2D eigenvalue weighted by Gasteiger charge is -2.26. The van der Waals surface area contributed by atoms with Crippen molar-refractivity contribution in [3.05, 3.63) is 107 Å². The molecule has 1 aliphatic rings. The molecule has 0 aliphatic carbocycles. The predicted octanol–water partition coefficient (Wildman–Crippen LogP) is 6.49. The van der Waals surface area contributed by atoms with Gasteiger partial charge in [-0.2, -0.15) is 0 Å². The van der Waals surface area contributed by atoms with Crippen LogP contribution < -0.4 is 10.2 Å². The molecule has 1 aliphatic heterocycles. The highest BCUT2D eigenvalue weighted by molar-refractivity contribution is 8.00. The molecule has 0 saturated carbocycles. The van der Waals surface area contributed by atoms with Gasteiger partial charge in [0.1, 0.15) is 5.37 Å². The van der Waals surface area contributed by atoms with Crippen LogP contribution in [0.15, 0.2) is 84.9 Å². The minimum atomic E-state index is -0.137. The molecule has 1 fully saturated rings. The molecule has 1 saturated heterocycles. The normalized spacial score (nSPS) is 15.8. The van der Waals surface area contributed by atoms with Crippen molar-refractivity contribution in [2.24, 2.45) is 0 Å². The molecule has 4 nitrogen and oxygen atoms in total. The number of carbonyl (C=O) groups is 2. The first-order valence-corrected chi connectivity index (χ1v) is 12.0. The number of anilines is 2. The minimum absolute atomic E-state index is 0.0826. The summed E-state index contributed by atoms with van der Waals surface area (Å²) < 4.78 is 0. The zero-order valence-electron chi connectivity index (χ0n) is 18.5. The summed E-state index contributed by atoms with van der Waals surface area (Å²) in [5, 5.41) is 4.89. The van der Waals surface area contributed by atoms with Crippen molar-refractivity contribution in [3.63, 3.8) is 0 Å². The van der Waals surface area contributed by atoms with Crippen LogP contribution in [0.1, 0.15) is 32.4 Å². The highest BCUT2D eigenvalue weighted by atomic mass is 32.2. The molecule has 0 radical (unpaired) electrons. The van der Waals surface area contributed by atoms with E-state index in [2.05, 4.69) is 25.2 Å². The van der Waals surface area contributed by atoms with E-state index in [1.165, 1.54) is 5.56 Å². The molecule has 5 heteroatoms. The van der Waals surface area contributed by atoms with E-state index in [0.717, 1.165) is 33.3 Å². The molecule has 4 aromatic rings. The average molecular weight is 453 g/mol. The highest BCUT2D eigenvalue weighted by Crippen LogP contribution is 2.43. The Morgan fingerprint density at radius 2 is 1.64 bits per heavy atom. The number of benzene rings is 4. The molecule has 0 unspecified atom stereocenters. The van der Waals surface area contributed by atoms with E-state index >= 15 is 0 Å². The predicted molar refractivity (Wildman–Crippen MR) is 137 cm³/mol. The van der Waals surface area contributed by atoms with Crippen LogP contribution in [0.3, 0.4) is 0 Å². The van der Waals surface area contributed by atoms with Crippen LogP contribution in [0.2, 0.25) is 0 Å². The van der Waals surface area contributed by atoms with Crippen molar-refractivity contribution < 1.29 is 9.59 Å². The van der Waals surface area contributed by atoms with Crippen LogP contribution in [0, 0.1) is 13.8 Å². The van der Waals surface area contributed by atoms with E-state index in [0.29, 0.717) is 11.3 Å². The fourth-order valence-corrected chi connectivity index (χ4v) is 5.45. The Hall–Kier alpha value is -3.57. The van der Waals surface area contributed by atoms with Gasteiger partial charge in [0, 0.05) is 16.9 Å². The van der Waals surface area contributed by atoms with E-state index < -0.39 is 0 Å². The third-order valence-electron chi connectivity index (χ3n) is 6.19. The van der Waals surface area contributed by atoms with Crippen LogP contribution in [-0.2, 0) is 4.79 Å². The van der Waals surface area contributed by atoms with Gasteiger partial charge in [0.15, 0.2) is 0 Å². The fraction of sp³-hybridized carbons (Fsp3) is 0.143. The average Bonchev–Trinajstić information content (AvgIpc) is 3.22. The van der Waals surface area contributed by atoms with Gasteiger partial charge in [0.25, 0.3) is 5.91 Å². The molecule has 2 amide bonds. The smallest absolute Gasteiger partial charge is 0.256 e. The Balaban J connectivity index is 1.38. The Morgan fingerprint density at radius 3 is 2.45 bits per heavy atom. The summed E-state index contributed by atoms with van der Waals surface area (Å²) in [6, 6.07) is 27.5. The number of nitrogens with one attached hydrogen (secondary N) is 1. The number of thioether (sulfide) groups is 1. The van der Waals surface area contributed by atoms with Crippen LogP contribution in [0.25, 0.3) is 10.8 Å². The zero-order chi connectivity index (χ0) is 22.9. The molecule has 33 heavy (non-hydrogen) atoms. The maximum Gasteiger partial charge on any atom is 0.256 e. The van der Waals surface area contributed by atoms with Gasteiger partial charge in [-0.05, 0) is 65.6 Å². The number of fused-ring (bicyclic) bond motifs is 1. The number of hydrogen-bond donors (Lipinski definition) is 1. The van der Waals surface area contributed by atoms with E-state index in [1.54, 1.807) is 11.8 Å². The number of carbonyl (C=O) groups excluding carboxylic acids is 2. The third kappa shape index (κ3) is 4.00. The standard InChI is InChI=1S/C28H24N2O2S/c1-18-7-5-12-25(19(18)2)30-26(31)17-33-28(30)21-13-15-22(16-14-21)29-27(32)24-11-6-9-20-8-3-4-10-23(20)24/h3-16,28H,17H2,1-2H3,(H,29,32)/t28-/m1/s1. The van der Waals surface area contributed by atoms with Gasteiger partial charge in [-0.3, -0.25) is 14.5 Å². The SMILES string of the molecule is Cc1cccc(N2C(=O)CS[C@@H]2c2ccc(NC(=O)c3cccc4ccccc34)cc2)c1C. The van der Waals surface area contributed by atoms with E-state index in [9.17, 15) is 9.59 Å². The van der Waals surface area contributed by atoms with Gasteiger partial charge in [0.2, 0.25) is 5.91 Å². The Bertz CT molecular complexity index is 1360. The van der Waals surface area contributed by atoms with Gasteiger partial charge in [-0.15, -0.1) is 11.8 Å². The number of hydrogen-bond acceptors (Lipinski definition) is 3. The number of amides is 2. The number of rotatable bonds is 4. The summed E-state index contributed by atoms with van der Waals surface area (Å²) in [4.78, 5) is 27.6. The van der Waals surface area contributed by atoms with Crippen molar-refractivity contribution in [2.45, 2.75) is 19.2 Å². The summed E-state index contributed by atoms with van der Waals surface area (Å²) in [6.45, 7) is 4.12. The maximum atomic E-state index is 13.0. The minimum Gasteiger partial charge on any atom is -0.322 e. The van der Waals surface area contributed by atoms with Gasteiger partial charge in [-0.1, -0.05) is 60.7 Å². The number of nitrogens with zero attached hydrogens (tertiary/aromatic N) is 1. The van der Waals surface area contributed by atoms with Crippen molar-refractivity contribution in [1.29, 1.82) is 0 Å². The third-order valence-corrected chi connectivity index (χ3v) is 7.40. The van der Waals surface area contributed by atoms with Crippen LogP contribution in [0.4, 0.5) is 11.4 Å². The van der Waals surface area contributed by atoms with Crippen molar-refractivity contribution in [2.75, 3.05) is 16.0 Å². The van der Waals surface area contributed by atoms with Crippen LogP contribution in [-0.4, -0.2) is 17.6 Å². The van der Waals surface area contributed by atoms with Crippen LogP contribution >= 0.6 is 11.8 Å². The summed E-state index contributed by atoms with van der Waals surface area (Å²) >= 11 is 1.63. The Kier molecular flexibility index (Phi) is 5.65. The van der Waals surface area contributed by atoms with E-state index in [-0.39, 0.29) is 17.2 Å². The Morgan fingerprint density at radius 1 is 0.909 bits per heavy atom. The van der Waals surface area contributed by atoms with Gasteiger partial charge in [0.05, 0.1) is 5.75 Å². The van der Waals surface area contributed by atoms with Crippen molar-refractivity contribution in [1.82, 2.24) is 0 Å². The molecular formula is C28H24N2O2S. The molecule has 1 atom stereocenters. The van der Waals surface area contributed by atoms with Crippen molar-refractivity contribution >= 4 is 45.7 Å². The second-order valence-electron chi connectivity index (χ2n) is 8.25. The molecule has 0 bridgehead atoms. The molecule has 1 N–H and O–H groups in total. The lowest BCUT2D eigenvalue weighted by Crippen LogP contribution is -2.28.